The Hall–Kier alpha value is -3.17. The van der Waals surface area contributed by atoms with Crippen LogP contribution in [-0.4, -0.2) is 63.0 Å². The van der Waals surface area contributed by atoms with Gasteiger partial charge in [-0.25, -0.2) is 0 Å². The van der Waals surface area contributed by atoms with Crippen LogP contribution in [0.5, 0.6) is 0 Å². The first-order valence-corrected chi connectivity index (χ1v) is 12.1. The molecule has 2 aromatic heterocycles. The number of anilines is 1. The molecule has 34 heavy (non-hydrogen) atoms. The number of fused-ring (bicyclic) bond motifs is 6. The number of aliphatic hydroxyl groups is 2. The highest BCUT2D eigenvalue weighted by Gasteiger charge is 2.51. The third-order valence-electron chi connectivity index (χ3n) is 7.65. The maximum absolute atomic E-state index is 13.8. The molecule has 0 spiro atoms. The summed E-state index contributed by atoms with van der Waals surface area (Å²) in [5, 5.41) is 31.1. The first-order valence-electron chi connectivity index (χ1n) is 12.1. The van der Waals surface area contributed by atoms with Crippen molar-refractivity contribution >= 4 is 28.4 Å². The lowest BCUT2D eigenvalue weighted by atomic mass is 9.76. The van der Waals surface area contributed by atoms with Crippen LogP contribution in [0.3, 0.4) is 0 Å². The van der Waals surface area contributed by atoms with Crippen LogP contribution in [0, 0.1) is 0 Å². The molecule has 3 heterocycles. The molecule has 2 amide bonds. The van der Waals surface area contributed by atoms with Gasteiger partial charge in [0.25, 0.3) is 0 Å². The Morgan fingerprint density at radius 1 is 1.18 bits per heavy atom. The van der Waals surface area contributed by atoms with Crippen molar-refractivity contribution in [3.63, 3.8) is 0 Å². The van der Waals surface area contributed by atoms with Crippen molar-refractivity contribution in [1.82, 2.24) is 20.5 Å². The fraction of sp³-hybridized carbons (Fsp3) is 0.480. The second kappa shape index (κ2) is 7.95. The topological polar surface area (TPSA) is 134 Å². The third kappa shape index (κ3) is 3.18. The number of benzene rings is 1. The Bertz CT molecular complexity index is 1280. The van der Waals surface area contributed by atoms with E-state index in [4.69, 9.17) is 0 Å². The second-order valence-corrected chi connectivity index (χ2v) is 9.78. The summed E-state index contributed by atoms with van der Waals surface area (Å²) in [7, 11) is 0. The van der Waals surface area contributed by atoms with E-state index in [1.165, 1.54) is 11.1 Å². The molecular formula is C25H29N5O4. The molecule has 6 rings (SSSR count). The van der Waals surface area contributed by atoms with Gasteiger partial charge in [0, 0.05) is 35.8 Å². The molecule has 0 radical (unpaired) electrons. The highest BCUT2D eigenvalue weighted by Crippen LogP contribution is 2.49. The van der Waals surface area contributed by atoms with Gasteiger partial charge in [0.15, 0.2) is 0 Å². The van der Waals surface area contributed by atoms with E-state index in [2.05, 4.69) is 20.5 Å². The van der Waals surface area contributed by atoms with E-state index in [0.717, 1.165) is 60.0 Å². The molecule has 1 fully saturated rings. The molecule has 5 N–H and O–H groups in total. The van der Waals surface area contributed by atoms with Gasteiger partial charge in [-0.1, -0.05) is 0 Å². The Morgan fingerprint density at radius 2 is 1.97 bits per heavy atom. The molecule has 178 valence electrons. The lowest BCUT2D eigenvalue weighted by molar-refractivity contribution is -0.127. The molecular weight excluding hydrogens is 434 g/mol. The Balaban J connectivity index is 1.51. The first-order chi connectivity index (χ1) is 16.6. The van der Waals surface area contributed by atoms with Gasteiger partial charge in [-0.2, -0.15) is 5.10 Å². The molecule has 0 atom stereocenters. The van der Waals surface area contributed by atoms with Crippen LogP contribution in [-0.2, 0) is 27.8 Å². The summed E-state index contributed by atoms with van der Waals surface area (Å²) in [5.41, 5.74) is 5.67. The average Bonchev–Trinajstić information content (AvgIpc) is 3.38. The van der Waals surface area contributed by atoms with E-state index in [9.17, 15) is 19.8 Å². The van der Waals surface area contributed by atoms with Crippen LogP contribution in [0.1, 0.15) is 48.8 Å². The van der Waals surface area contributed by atoms with Crippen LogP contribution in [0.2, 0.25) is 0 Å². The van der Waals surface area contributed by atoms with Crippen LogP contribution < -0.4 is 10.2 Å². The second-order valence-electron chi connectivity index (χ2n) is 9.78. The van der Waals surface area contributed by atoms with E-state index in [-0.39, 0.29) is 50.5 Å². The molecule has 9 heteroatoms. The maximum Gasteiger partial charge on any atom is 0.240 e. The summed E-state index contributed by atoms with van der Waals surface area (Å²) < 4.78 is 0. The molecule has 9 nitrogen and oxygen atoms in total. The number of hydrogen-bond donors (Lipinski definition) is 5. The number of H-pyrrole nitrogens is 2. The van der Waals surface area contributed by atoms with Gasteiger partial charge in [0.05, 0.1) is 23.0 Å². The van der Waals surface area contributed by atoms with Gasteiger partial charge in [0.1, 0.15) is 6.54 Å². The third-order valence-corrected chi connectivity index (χ3v) is 7.65. The number of aromatic nitrogens is 3. The maximum atomic E-state index is 13.8. The number of nitrogens with zero attached hydrogens (tertiary/aromatic N) is 2. The molecule has 1 aliphatic heterocycles. The normalized spacial score (nSPS) is 18.5. The number of hydrogen-bond acceptors (Lipinski definition) is 5. The molecule has 1 aromatic carbocycles. The number of carbonyl (C=O) groups is 2. The largest absolute Gasteiger partial charge is 0.396 e. The van der Waals surface area contributed by atoms with Crippen LogP contribution in [0.25, 0.3) is 22.3 Å². The Labute approximate surface area is 196 Å². The molecule has 0 saturated heterocycles. The number of aromatic amines is 2. The van der Waals surface area contributed by atoms with Crippen LogP contribution in [0.15, 0.2) is 18.3 Å². The molecule has 0 bridgehead atoms. The molecule has 3 aromatic rings. The van der Waals surface area contributed by atoms with E-state index < -0.39 is 5.41 Å². The van der Waals surface area contributed by atoms with Crippen molar-refractivity contribution in [1.29, 1.82) is 0 Å². The first kappa shape index (κ1) is 21.4. The minimum atomic E-state index is -1.06. The predicted molar refractivity (Wildman–Crippen MR) is 127 cm³/mol. The van der Waals surface area contributed by atoms with E-state index >= 15 is 0 Å². The number of aliphatic hydroxyl groups excluding tert-OH is 2. The summed E-state index contributed by atoms with van der Waals surface area (Å²) >= 11 is 0. The van der Waals surface area contributed by atoms with Crippen molar-refractivity contribution in [2.75, 3.05) is 24.7 Å². The number of amides is 2. The Kier molecular flexibility index (Phi) is 5.00. The zero-order chi connectivity index (χ0) is 23.4. The summed E-state index contributed by atoms with van der Waals surface area (Å²) in [5.74, 6) is -0.410. The van der Waals surface area contributed by atoms with Gasteiger partial charge >= 0.3 is 0 Å². The summed E-state index contributed by atoms with van der Waals surface area (Å²) in [4.78, 5) is 31.6. The molecule has 3 aliphatic rings. The number of aryl methyl sites for hydroxylation is 2. The van der Waals surface area contributed by atoms with Crippen LogP contribution >= 0.6 is 0 Å². The average molecular weight is 464 g/mol. The number of nitrogens with one attached hydrogen (secondary N) is 3. The zero-order valence-corrected chi connectivity index (χ0v) is 19.0. The molecule has 0 unspecified atom stereocenters. The lowest BCUT2D eigenvalue weighted by Gasteiger charge is -2.27. The standard InChI is InChI=1S/C25H29N5O4/c31-8-6-25(7-9-32)18-11-19-17(16-3-1-2-14-12-26-29-22(14)23(16)28-19)10-20(18)30(24(25)34)13-21(33)27-15-4-5-15/h10-12,15,28,31-32H,1-9,13H2,(H,26,29)(H,27,33). The predicted octanol–water partition coefficient (Wildman–Crippen LogP) is 1.67. The van der Waals surface area contributed by atoms with Gasteiger partial charge < -0.3 is 25.4 Å². The van der Waals surface area contributed by atoms with Crippen molar-refractivity contribution in [3.8, 4) is 11.4 Å². The number of carbonyl (C=O) groups excluding carboxylic acids is 2. The number of rotatable bonds is 7. The minimum Gasteiger partial charge on any atom is -0.396 e. The fourth-order valence-electron chi connectivity index (χ4n) is 5.81. The van der Waals surface area contributed by atoms with Gasteiger partial charge in [0.2, 0.25) is 11.8 Å². The summed E-state index contributed by atoms with van der Waals surface area (Å²) in [6.07, 6.45) is 7.04. The van der Waals surface area contributed by atoms with E-state index in [1.807, 2.05) is 18.3 Å². The highest BCUT2D eigenvalue weighted by atomic mass is 16.3. The van der Waals surface area contributed by atoms with Crippen molar-refractivity contribution < 1.29 is 19.8 Å². The SMILES string of the molecule is O=C(CN1C(=O)C(CCO)(CCO)c2cc3[nH]c4c(c3cc21)CCCc1cn[nH]c1-4)NC1CC1. The van der Waals surface area contributed by atoms with E-state index in [0.29, 0.717) is 5.69 Å². The summed E-state index contributed by atoms with van der Waals surface area (Å²) in [6, 6.07) is 4.20. The van der Waals surface area contributed by atoms with Crippen molar-refractivity contribution in [2.45, 2.75) is 56.4 Å². The highest BCUT2D eigenvalue weighted by molar-refractivity contribution is 6.13. The van der Waals surface area contributed by atoms with Gasteiger partial charge in [-0.3, -0.25) is 14.7 Å². The van der Waals surface area contributed by atoms with Gasteiger partial charge in [-0.05, 0) is 73.8 Å². The van der Waals surface area contributed by atoms with E-state index in [1.54, 1.807) is 4.90 Å². The monoisotopic (exact) mass is 463 g/mol. The molecule has 2 aliphatic carbocycles. The van der Waals surface area contributed by atoms with Crippen LogP contribution in [0.4, 0.5) is 5.69 Å². The van der Waals surface area contributed by atoms with Crippen molar-refractivity contribution in [3.05, 3.63) is 35.0 Å². The zero-order valence-electron chi connectivity index (χ0n) is 19.0. The van der Waals surface area contributed by atoms with Gasteiger partial charge in [-0.15, -0.1) is 0 Å². The summed E-state index contributed by atoms with van der Waals surface area (Å²) in [6.45, 7) is -0.447. The quantitative estimate of drug-likeness (QED) is 0.363. The lowest BCUT2D eigenvalue weighted by Crippen LogP contribution is -2.46. The molecule has 1 saturated carbocycles. The Morgan fingerprint density at radius 3 is 2.71 bits per heavy atom. The fourth-order valence-corrected chi connectivity index (χ4v) is 5.81. The smallest absolute Gasteiger partial charge is 0.240 e. The minimum absolute atomic E-state index is 0.0657. The van der Waals surface area contributed by atoms with Crippen molar-refractivity contribution in [2.24, 2.45) is 0 Å².